The van der Waals surface area contributed by atoms with E-state index in [1.807, 2.05) is 61.8 Å². The molecule has 4 rings (SSSR count). The fraction of sp³-hybridized carbons (Fsp3) is 0.158. The summed E-state index contributed by atoms with van der Waals surface area (Å²) >= 11 is 0. The van der Waals surface area contributed by atoms with Gasteiger partial charge in [0.05, 0.1) is 6.61 Å². The van der Waals surface area contributed by atoms with Gasteiger partial charge in [-0.3, -0.25) is 0 Å². The molecule has 23 heavy (non-hydrogen) atoms. The second-order valence-corrected chi connectivity index (χ2v) is 4.84. The molecule has 0 bridgehead atoms. The lowest BCUT2D eigenvalue weighted by molar-refractivity contribution is 0.344. The molecule has 3 N–H and O–H groups in total. The molecule has 120 valence electrons. The van der Waals surface area contributed by atoms with Gasteiger partial charge in [-0.05, 0) is 43.3 Å². The molecule has 2 aromatic carbocycles. The molecule has 4 aromatic rings. The van der Waals surface area contributed by atoms with Gasteiger partial charge in [0.25, 0.3) is 0 Å². The largest absolute Gasteiger partial charge is 0.507 e. The molecule has 0 fully saturated rings. The van der Waals surface area contributed by atoms with Crippen molar-refractivity contribution >= 4 is 21.8 Å². The van der Waals surface area contributed by atoms with Gasteiger partial charge in [-0.15, -0.1) is 0 Å². The highest BCUT2D eigenvalue weighted by Gasteiger charge is 2.00. The summed E-state index contributed by atoms with van der Waals surface area (Å²) in [6.45, 7) is 2.70. The van der Waals surface area contributed by atoms with Crippen molar-refractivity contribution in [2.45, 2.75) is 14.4 Å². The standard InChI is InChI=1S/C10H11NO.C8H7NO.CH4/c1-2-12-10-5-3-4-9-8(10)6-7-11-9;10-8-3-1-2-7-6(8)4-5-9-7;/h3-7,11H,2H2,1H3;1-5,9-10H;1H4. The van der Waals surface area contributed by atoms with E-state index in [0.717, 1.165) is 27.6 Å². The number of phenolic OH excluding ortho intramolecular Hbond substituents is 1. The highest BCUT2D eigenvalue weighted by atomic mass is 16.5. The Morgan fingerprint density at radius 2 is 1.48 bits per heavy atom. The number of benzene rings is 2. The molecule has 0 amide bonds. The first-order valence-electron chi connectivity index (χ1n) is 7.23. The number of hydrogen-bond donors (Lipinski definition) is 3. The molecular weight excluding hydrogens is 288 g/mol. The van der Waals surface area contributed by atoms with E-state index < -0.39 is 0 Å². The molecule has 4 nitrogen and oxygen atoms in total. The monoisotopic (exact) mass is 310 g/mol. The van der Waals surface area contributed by atoms with Crippen LogP contribution in [0.1, 0.15) is 14.4 Å². The fourth-order valence-electron chi connectivity index (χ4n) is 2.41. The fourth-order valence-corrected chi connectivity index (χ4v) is 2.41. The van der Waals surface area contributed by atoms with E-state index in [2.05, 4.69) is 9.97 Å². The molecular formula is C19H22N2O2. The summed E-state index contributed by atoms with van der Waals surface area (Å²) < 4.78 is 5.46. The molecule has 4 heteroatoms. The number of phenols is 1. The number of H-pyrrole nitrogens is 2. The van der Waals surface area contributed by atoms with E-state index in [1.165, 1.54) is 0 Å². The summed E-state index contributed by atoms with van der Waals surface area (Å²) in [4.78, 5) is 6.14. The highest BCUT2D eigenvalue weighted by Crippen LogP contribution is 2.24. The van der Waals surface area contributed by atoms with Crippen molar-refractivity contribution in [3.8, 4) is 11.5 Å². The Kier molecular flexibility index (Phi) is 5.31. The molecule has 2 heterocycles. The van der Waals surface area contributed by atoms with E-state index >= 15 is 0 Å². The Hall–Kier alpha value is -2.88. The van der Waals surface area contributed by atoms with Crippen LogP contribution in [0.2, 0.25) is 0 Å². The Bertz CT molecular complexity index is 877. The van der Waals surface area contributed by atoms with Crippen molar-refractivity contribution in [2.75, 3.05) is 6.61 Å². The summed E-state index contributed by atoms with van der Waals surface area (Å²) in [5.74, 6) is 1.29. The molecule has 0 atom stereocenters. The second kappa shape index (κ2) is 7.40. The van der Waals surface area contributed by atoms with E-state index in [9.17, 15) is 5.11 Å². The van der Waals surface area contributed by atoms with Crippen LogP contribution >= 0.6 is 0 Å². The number of aromatic nitrogens is 2. The van der Waals surface area contributed by atoms with Gasteiger partial charge < -0.3 is 19.8 Å². The lowest BCUT2D eigenvalue weighted by Gasteiger charge is -2.02. The molecule has 0 spiro atoms. The molecule has 0 radical (unpaired) electrons. The molecule has 0 aliphatic heterocycles. The molecule has 0 aliphatic rings. The molecule has 0 saturated heterocycles. The third-order valence-corrected chi connectivity index (χ3v) is 3.43. The number of ether oxygens (including phenoxy) is 1. The maximum absolute atomic E-state index is 9.24. The number of hydrogen-bond acceptors (Lipinski definition) is 2. The Labute approximate surface area is 135 Å². The van der Waals surface area contributed by atoms with Crippen molar-refractivity contribution < 1.29 is 9.84 Å². The normalized spacial score (nSPS) is 9.96. The Balaban J connectivity index is 0.000000162. The third-order valence-electron chi connectivity index (χ3n) is 3.43. The average molecular weight is 310 g/mol. The van der Waals surface area contributed by atoms with Gasteiger partial charge in [0.15, 0.2) is 0 Å². The van der Waals surface area contributed by atoms with E-state index in [4.69, 9.17) is 4.74 Å². The first-order valence-corrected chi connectivity index (χ1v) is 7.23. The van der Waals surface area contributed by atoms with Crippen molar-refractivity contribution in [3.05, 3.63) is 60.9 Å². The van der Waals surface area contributed by atoms with Gasteiger partial charge >= 0.3 is 0 Å². The highest BCUT2D eigenvalue weighted by molar-refractivity contribution is 5.86. The van der Waals surface area contributed by atoms with Crippen LogP contribution in [0, 0.1) is 0 Å². The predicted molar refractivity (Wildman–Crippen MR) is 96.2 cm³/mol. The molecule has 0 saturated carbocycles. The molecule has 0 aliphatic carbocycles. The topological polar surface area (TPSA) is 61.0 Å². The van der Waals surface area contributed by atoms with Crippen molar-refractivity contribution in [2.24, 2.45) is 0 Å². The van der Waals surface area contributed by atoms with Gasteiger partial charge in [-0.2, -0.15) is 0 Å². The minimum absolute atomic E-state index is 0. The number of nitrogens with one attached hydrogen (secondary N) is 2. The van der Waals surface area contributed by atoms with Gasteiger partial charge in [-0.1, -0.05) is 19.6 Å². The third kappa shape index (κ3) is 3.48. The number of fused-ring (bicyclic) bond motifs is 2. The van der Waals surface area contributed by atoms with E-state index in [-0.39, 0.29) is 7.43 Å². The maximum atomic E-state index is 9.24. The van der Waals surface area contributed by atoms with Crippen LogP contribution in [0.25, 0.3) is 21.8 Å². The lowest BCUT2D eigenvalue weighted by atomic mass is 10.2. The van der Waals surface area contributed by atoms with Crippen molar-refractivity contribution in [3.63, 3.8) is 0 Å². The summed E-state index contributed by atoms with van der Waals surface area (Å²) in [7, 11) is 0. The van der Waals surface area contributed by atoms with Crippen LogP contribution in [0.4, 0.5) is 0 Å². The van der Waals surface area contributed by atoms with Crippen LogP contribution in [-0.4, -0.2) is 21.7 Å². The minimum Gasteiger partial charge on any atom is -0.507 e. The van der Waals surface area contributed by atoms with Crippen LogP contribution < -0.4 is 4.74 Å². The van der Waals surface area contributed by atoms with E-state index in [0.29, 0.717) is 12.4 Å². The van der Waals surface area contributed by atoms with Gasteiger partial charge in [0.2, 0.25) is 0 Å². The number of aromatic hydroxyl groups is 1. The first-order chi connectivity index (χ1) is 10.8. The zero-order chi connectivity index (χ0) is 15.4. The van der Waals surface area contributed by atoms with Crippen molar-refractivity contribution in [1.82, 2.24) is 9.97 Å². The summed E-state index contributed by atoms with van der Waals surface area (Å²) in [6.07, 6.45) is 3.73. The maximum Gasteiger partial charge on any atom is 0.128 e. The van der Waals surface area contributed by atoms with E-state index in [1.54, 1.807) is 6.07 Å². The van der Waals surface area contributed by atoms with Gasteiger partial charge in [0.1, 0.15) is 11.5 Å². The van der Waals surface area contributed by atoms with Crippen LogP contribution in [0.15, 0.2) is 60.9 Å². The SMILES string of the molecule is C.CCOc1cccc2[nH]ccc12.Oc1cccc2[nH]ccc12. The smallest absolute Gasteiger partial charge is 0.128 e. The predicted octanol–water partition coefficient (Wildman–Crippen LogP) is 5.08. The average Bonchev–Trinajstić information content (AvgIpc) is 3.18. The second-order valence-electron chi connectivity index (χ2n) is 4.84. The quantitative estimate of drug-likeness (QED) is 0.483. The zero-order valence-corrected chi connectivity index (χ0v) is 12.3. The number of aromatic amines is 2. The minimum atomic E-state index is 0. The summed E-state index contributed by atoms with van der Waals surface area (Å²) in [6, 6.07) is 15.3. The lowest BCUT2D eigenvalue weighted by Crippen LogP contribution is -1.90. The van der Waals surface area contributed by atoms with Crippen LogP contribution in [0.5, 0.6) is 11.5 Å². The first kappa shape index (κ1) is 16.5. The molecule has 2 aromatic heterocycles. The summed E-state index contributed by atoms with van der Waals surface area (Å²) in [5.41, 5.74) is 2.10. The summed E-state index contributed by atoms with van der Waals surface area (Å²) in [5, 5.41) is 11.3. The van der Waals surface area contributed by atoms with Gasteiger partial charge in [0, 0.05) is 34.2 Å². The van der Waals surface area contributed by atoms with Gasteiger partial charge in [-0.25, -0.2) is 0 Å². The number of rotatable bonds is 2. The Morgan fingerprint density at radius 3 is 2.13 bits per heavy atom. The van der Waals surface area contributed by atoms with Crippen LogP contribution in [0.3, 0.4) is 0 Å². The zero-order valence-electron chi connectivity index (χ0n) is 12.3. The van der Waals surface area contributed by atoms with Crippen molar-refractivity contribution in [1.29, 1.82) is 0 Å². The van der Waals surface area contributed by atoms with Crippen LogP contribution in [-0.2, 0) is 0 Å². The Morgan fingerprint density at radius 1 is 0.870 bits per heavy atom. The molecule has 0 unspecified atom stereocenters.